The van der Waals surface area contributed by atoms with Gasteiger partial charge in [0.1, 0.15) is 0 Å². The number of rotatable bonds is 6. The van der Waals surface area contributed by atoms with E-state index >= 15 is 0 Å². The van der Waals surface area contributed by atoms with Crippen molar-refractivity contribution in [3.05, 3.63) is 28.2 Å². The minimum atomic E-state index is 0.0752. The van der Waals surface area contributed by atoms with Crippen LogP contribution in [0.2, 0.25) is 10.0 Å². The Kier molecular flexibility index (Phi) is 7.04. The van der Waals surface area contributed by atoms with Crippen molar-refractivity contribution in [2.75, 3.05) is 5.75 Å². The van der Waals surface area contributed by atoms with Crippen molar-refractivity contribution in [2.45, 2.75) is 75.0 Å². The van der Waals surface area contributed by atoms with E-state index < -0.39 is 0 Å². The molecule has 0 saturated heterocycles. The van der Waals surface area contributed by atoms with E-state index in [4.69, 9.17) is 23.2 Å². The van der Waals surface area contributed by atoms with Crippen molar-refractivity contribution in [3.8, 4) is 11.4 Å². The third-order valence-corrected chi connectivity index (χ3v) is 7.32. The summed E-state index contributed by atoms with van der Waals surface area (Å²) in [6.07, 6.45) is 10.4. The third-order valence-electron chi connectivity index (χ3n) is 5.83. The molecular weight excluding hydrogens is 427 g/mol. The number of hydrogen-bond acceptors (Lipinski definition) is 4. The molecule has 4 rings (SSSR count). The number of amides is 1. The number of carbonyl (C=O) groups is 1. The molecule has 1 aromatic carbocycles. The van der Waals surface area contributed by atoms with Crippen LogP contribution in [-0.2, 0) is 4.79 Å². The van der Waals surface area contributed by atoms with E-state index in [2.05, 4.69) is 20.1 Å². The van der Waals surface area contributed by atoms with E-state index in [0.29, 0.717) is 27.9 Å². The average Bonchev–Trinajstić information content (AvgIpc) is 3.37. The first-order chi connectivity index (χ1) is 14.1. The number of nitrogens with one attached hydrogen (secondary N) is 1. The molecule has 0 atom stereocenters. The summed E-state index contributed by atoms with van der Waals surface area (Å²) in [6.45, 7) is 0. The molecule has 0 spiro atoms. The second kappa shape index (κ2) is 9.71. The first kappa shape index (κ1) is 21.0. The van der Waals surface area contributed by atoms with Gasteiger partial charge in [-0.15, -0.1) is 10.2 Å². The number of benzene rings is 1. The molecule has 0 unspecified atom stereocenters. The van der Waals surface area contributed by atoms with Crippen molar-refractivity contribution in [1.29, 1.82) is 0 Å². The Morgan fingerprint density at radius 1 is 1.07 bits per heavy atom. The van der Waals surface area contributed by atoms with Crippen molar-refractivity contribution in [3.63, 3.8) is 0 Å². The molecular formula is C21H26Cl2N4OS. The molecule has 2 fully saturated rings. The molecule has 1 aromatic heterocycles. The van der Waals surface area contributed by atoms with Gasteiger partial charge in [-0.1, -0.05) is 67.1 Å². The third kappa shape index (κ3) is 5.09. The fraction of sp³-hybridized carbons (Fsp3) is 0.571. The highest BCUT2D eigenvalue weighted by atomic mass is 35.5. The van der Waals surface area contributed by atoms with Gasteiger partial charge >= 0.3 is 0 Å². The Labute approximate surface area is 185 Å². The van der Waals surface area contributed by atoms with Gasteiger partial charge in [-0.25, -0.2) is 0 Å². The molecule has 156 valence electrons. The lowest BCUT2D eigenvalue weighted by atomic mass is 9.95. The monoisotopic (exact) mass is 452 g/mol. The number of thioether (sulfide) groups is 1. The molecule has 0 bridgehead atoms. The number of aromatic nitrogens is 3. The maximum Gasteiger partial charge on any atom is 0.230 e. The average molecular weight is 453 g/mol. The van der Waals surface area contributed by atoms with Crippen LogP contribution in [0, 0.1) is 0 Å². The molecule has 1 heterocycles. The summed E-state index contributed by atoms with van der Waals surface area (Å²) in [6, 6.07) is 6.13. The van der Waals surface area contributed by atoms with Crippen molar-refractivity contribution in [2.24, 2.45) is 0 Å². The van der Waals surface area contributed by atoms with Crippen molar-refractivity contribution < 1.29 is 4.79 Å². The minimum absolute atomic E-state index is 0.0752. The Morgan fingerprint density at radius 3 is 2.52 bits per heavy atom. The zero-order chi connectivity index (χ0) is 20.2. The fourth-order valence-corrected chi connectivity index (χ4v) is 5.68. The molecule has 0 radical (unpaired) electrons. The van der Waals surface area contributed by atoms with Gasteiger partial charge in [-0.05, 0) is 43.9 Å². The van der Waals surface area contributed by atoms with Crippen LogP contribution >= 0.6 is 35.0 Å². The SMILES string of the molecule is O=C(CSc1nnc(-c2ccc(Cl)cc2Cl)n1C1CCCCC1)NC1CCCC1. The Balaban J connectivity index is 1.56. The van der Waals surface area contributed by atoms with E-state index in [9.17, 15) is 4.79 Å². The second-order valence-electron chi connectivity index (χ2n) is 7.93. The van der Waals surface area contributed by atoms with Gasteiger partial charge in [0, 0.05) is 22.7 Å². The standard InChI is InChI=1S/C21H26Cl2N4OS/c22-14-10-11-17(18(23)12-14)20-25-26-21(27(20)16-8-2-1-3-9-16)29-13-19(28)24-15-6-4-5-7-15/h10-12,15-16H,1-9,13H2,(H,24,28). The maximum absolute atomic E-state index is 12.4. The quantitative estimate of drug-likeness (QED) is 0.553. The summed E-state index contributed by atoms with van der Waals surface area (Å²) in [7, 11) is 0. The summed E-state index contributed by atoms with van der Waals surface area (Å²) >= 11 is 14.0. The molecule has 8 heteroatoms. The molecule has 0 aliphatic heterocycles. The van der Waals surface area contributed by atoms with Crippen LogP contribution in [0.3, 0.4) is 0 Å². The minimum Gasteiger partial charge on any atom is -0.353 e. The highest BCUT2D eigenvalue weighted by molar-refractivity contribution is 7.99. The molecule has 2 aliphatic rings. The largest absolute Gasteiger partial charge is 0.353 e. The lowest BCUT2D eigenvalue weighted by molar-refractivity contribution is -0.119. The lowest BCUT2D eigenvalue weighted by Crippen LogP contribution is -2.33. The van der Waals surface area contributed by atoms with Crippen LogP contribution < -0.4 is 5.32 Å². The van der Waals surface area contributed by atoms with Crippen molar-refractivity contribution in [1.82, 2.24) is 20.1 Å². The highest BCUT2D eigenvalue weighted by Crippen LogP contribution is 2.38. The van der Waals surface area contributed by atoms with Gasteiger partial charge in [-0.3, -0.25) is 9.36 Å². The van der Waals surface area contributed by atoms with Crippen LogP contribution in [0.1, 0.15) is 63.8 Å². The zero-order valence-electron chi connectivity index (χ0n) is 16.4. The topological polar surface area (TPSA) is 59.8 Å². The molecule has 29 heavy (non-hydrogen) atoms. The fourth-order valence-electron chi connectivity index (χ4n) is 4.37. The smallest absolute Gasteiger partial charge is 0.230 e. The van der Waals surface area contributed by atoms with Crippen molar-refractivity contribution >= 4 is 40.9 Å². The second-order valence-corrected chi connectivity index (χ2v) is 9.72. The number of carbonyl (C=O) groups excluding carboxylic acids is 1. The Morgan fingerprint density at radius 2 is 1.79 bits per heavy atom. The molecule has 2 saturated carbocycles. The summed E-state index contributed by atoms with van der Waals surface area (Å²) in [4.78, 5) is 12.4. The van der Waals surface area contributed by atoms with Gasteiger partial charge in [0.05, 0.1) is 10.8 Å². The molecule has 1 N–H and O–H groups in total. The summed E-state index contributed by atoms with van der Waals surface area (Å²) in [5.41, 5.74) is 0.830. The number of hydrogen-bond donors (Lipinski definition) is 1. The summed E-state index contributed by atoms with van der Waals surface area (Å²) in [5.74, 6) is 1.19. The van der Waals surface area contributed by atoms with E-state index in [1.165, 1.54) is 43.9 Å². The predicted molar refractivity (Wildman–Crippen MR) is 119 cm³/mol. The molecule has 2 aliphatic carbocycles. The van der Waals surface area contributed by atoms with Crippen LogP contribution in [0.4, 0.5) is 0 Å². The zero-order valence-corrected chi connectivity index (χ0v) is 18.7. The molecule has 5 nitrogen and oxygen atoms in total. The van der Waals surface area contributed by atoms with Gasteiger partial charge in [0.2, 0.25) is 5.91 Å². The predicted octanol–water partition coefficient (Wildman–Crippen LogP) is 5.91. The molecule has 2 aromatic rings. The van der Waals surface area contributed by atoms with E-state index in [1.807, 2.05) is 12.1 Å². The van der Waals surface area contributed by atoms with Gasteiger partial charge < -0.3 is 5.32 Å². The van der Waals surface area contributed by atoms with E-state index in [1.54, 1.807) is 6.07 Å². The van der Waals surface area contributed by atoms with Gasteiger partial charge in [0.15, 0.2) is 11.0 Å². The lowest BCUT2D eigenvalue weighted by Gasteiger charge is -2.25. The van der Waals surface area contributed by atoms with Gasteiger partial charge in [-0.2, -0.15) is 0 Å². The first-order valence-electron chi connectivity index (χ1n) is 10.4. The molecule has 1 amide bonds. The highest BCUT2D eigenvalue weighted by Gasteiger charge is 2.26. The maximum atomic E-state index is 12.4. The van der Waals surface area contributed by atoms with E-state index in [0.717, 1.165) is 42.2 Å². The summed E-state index contributed by atoms with van der Waals surface area (Å²) < 4.78 is 2.20. The van der Waals surface area contributed by atoms with E-state index in [-0.39, 0.29) is 5.91 Å². The van der Waals surface area contributed by atoms with Crippen LogP contribution in [0.25, 0.3) is 11.4 Å². The van der Waals surface area contributed by atoms with Crippen LogP contribution in [0.15, 0.2) is 23.4 Å². The Bertz CT molecular complexity index is 860. The normalized spacial score (nSPS) is 18.3. The number of nitrogens with zero attached hydrogens (tertiary/aromatic N) is 3. The summed E-state index contributed by atoms with van der Waals surface area (Å²) in [5, 5.41) is 14.0. The van der Waals surface area contributed by atoms with Crippen LogP contribution in [-0.4, -0.2) is 32.5 Å². The Hall–Kier alpha value is -1.24. The van der Waals surface area contributed by atoms with Crippen LogP contribution in [0.5, 0.6) is 0 Å². The van der Waals surface area contributed by atoms with Gasteiger partial charge in [0.25, 0.3) is 0 Å². The number of halogens is 2. The first-order valence-corrected chi connectivity index (χ1v) is 12.2.